The number of carbonyl (C=O) groups is 2. The number of rotatable bonds is 7. The van der Waals surface area contributed by atoms with E-state index in [-0.39, 0.29) is 11.8 Å². The molecule has 0 bridgehead atoms. The molecule has 0 atom stereocenters. The summed E-state index contributed by atoms with van der Waals surface area (Å²) >= 11 is 0. The Balaban J connectivity index is 1.75. The molecule has 0 N–H and O–H groups in total. The summed E-state index contributed by atoms with van der Waals surface area (Å²) in [5.41, 5.74) is 3.03. The molecule has 0 aromatic heterocycles. The van der Waals surface area contributed by atoms with E-state index in [2.05, 4.69) is 6.07 Å². The fourth-order valence-electron chi connectivity index (χ4n) is 3.37. The molecule has 150 valence electrons. The third kappa shape index (κ3) is 5.21. The first kappa shape index (κ1) is 20.6. The van der Waals surface area contributed by atoms with Gasteiger partial charge in [-0.25, -0.2) is 0 Å². The zero-order chi connectivity index (χ0) is 20.8. The SMILES string of the molecule is CN(C)CCN(Cc1ccc(C#N)cc1)C(=O)c1ccc(N2CCCC2=O)cc1. The Morgan fingerprint density at radius 1 is 1.07 bits per heavy atom. The van der Waals surface area contributed by atoms with Crippen LogP contribution in [0, 0.1) is 11.3 Å². The van der Waals surface area contributed by atoms with Crippen molar-refractivity contribution in [2.75, 3.05) is 38.6 Å². The van der Waals surface area contributed by atoms with E-state index < -0.39 is 0 Å². The van der Waals surface area contributed by atoms with E-state index in [1.807, 2.05) is 48.2 Å². The van der Waals surface area contributed by atoms with Gasteiger partial charge >= 0.3 is 0 Å². The number of nitrogens with zero attached hydrogens (tertiary/aromatic N) is 4. The molecule has 1 aliphatic heterocycles. The molecular formula is C23H26N4O2. The molecule has 6 heteroatoms. The van der Waals surface area contributed by atoms with E-state index in [9.17, 15) is 9.59 Å². The highest BCUT2D eigenvalue weighted by Crippen LogP contribution is 2.22. The van der Waals surface area contributed by atoms with Crippen LogP contribution in [-0.4, -0.2) is 55.3 Å². The number of hydrogen-bond acceptors (Lipinski definition) is 4. The Labute approximate surface area is 171 Å². The van der Waals surface area contributed by atoms with E-state index >= 15 is 0 Å². The van der Waals surface area contributed by atoms with Crippen LogP contribution in [0.5, 0.6) is 0 Å². The third-order valence-corrected chi connectivity index (χ3v) is 5.06. The summed E-state index contributed by atoms with van der Waals surface area (Å²) in [6, 6.07) is 16.7. The first-order valence-electron chi connectivity index (χ1n) is 9.81. The van der Waals surface area contributed by atoms with Crippen molar-refractivity contribution in [2.45, 2.75) is 19.4 Å². The molecule has 6 nitrogen and oxygen atoms in total. The maximum Gasteiger partial charge on any atom is 0.254 e. The number of amides is 2. The summed E-state index contributed by atoms with van der Waals surface area (Å²) < 4.78 is 0. The molecule has 1 heterocycles. The van der Waals surface area contributed by atoms with Crippen LogP contribution in [0.15, 0.2) is 48.5 Å². The fraction of sp³-hybridized carbons (Fsp3) is 0.348. The number of nitriles is 1. The van der Waals surface area contributed by atoms with Crippen molar-refractivity contribution < 1.29 is 9.59 Å². The molecule has 0 radical (unpaired) electrons. The van der Waals surface area contributed by atoms with Crippen LogP contribution >= 0.6 is 0 Å². The van der Waals surface area contributed by atoms with Crippen molar-refractivity contribution in [3.63, 3.8) is 0 Å². The minimum Gasteiger partial charge on any atom is -0.333 e. The first-order chi connectivity index (χ1) is 14.0. The molecule has 0 aliphatic carbocycles. The zero-order valence-electron chi connectivity index (χ0n) is 17.0. The van der Waals surface area contributed by atoms with Gasteiger partial charge in [-0.05, 0) is 62.5 Å². The van der Waals surface area contributed by atoms with Gasteiger partial charge in [-0.2, -0.15) is 5.26 Å². The van der Waals surface area contributed by atoms with Gasteiger partial charge in [0.25, 0.3) is 5.91 Å². The van der Waals surface area contributed by atoms with E-state index in [1.165, 1.54) is 0 Å². The Bertz CT molecular complexity index is 898. The molecule has 1 aliphatic rings. The number of hydrogen-bond donors (Lipinski definition) is 0. The van der Waals surface area contributed by atoms with Crippen molar-refractivity contribution in [2.24, 2.45) is 0 Å². The van der Waals surface area contributed by atoms with Crippen molar-refractivity contribution in [1.29, 1.82) is 5.26 Å². The molecule has 0 spiro atoms. The summed E-state index contributed by atoms with van der Waals surface area (Å²) in [7, 11) is 3.96. The van der Waals surface area contributed by atoms with Gasteiger partial charge < -0.3 is 14.7 Å². The van der Waals surface area contributed by atoms with Crippen LogP contribution in [0.2, 0.25) is 0 Å². The summed E-state index contributed by atoms with van der Waals surface area (Å²) in [5.74, 6) is 0.0908. The highest BCUT2D eigenvalue weighted by molar-refractivity contribution is 5.97. The Morgan fingerprint density at radius 2 is 1.76 bits per heavy atom. The van der Waals surface area contributed by atoms with Crippen molar-refractivity contribution in [3.8, 4) is 6.07 Å². The van der Waals surface area contributed by atoms with Crippen molar-refractivity contribution in [3.05, 3.63) is 65.2 Å². The van der Waals surface area contributed by atoms with Crippen LogP contribution in [0.1, 0.15) is 34.3 Å². The highest BCUT2D eigenvalue weighted by Gasteiger charge is 2.22. The largest absolute Gasteiger partial charge is 0.333 e. The van der Waals surface area contributed by atoms with Gasteiger partial charge in [0.15, 0.2) is 0 Å². The van der Waals surface area contributed by atoms with E-state index in [0.717, 1.165) is 30.8 Å². The van der Waals surface area contributed by atoms with Crippen LogP contribution < -0.4 is 4.90 Å². The highest BCUT2D eigenvalue weighted by atomic mass is 16.2. The Hall–Kier alpha value is -3.17. The fourth-order valence-corrected chi connectivity index (χ4v) is 3.37. The van der Waals surface area contributed by atoms with Gasteiger partial charge in [0.2, 0.25) is 5.91 Å². The molecular weight excluding hydrogens is 364 g/mol. The van der Waals surface area contributed by atoms with E-state index in [1.54, 1.807) is 29.2 Å². The maximum absolute atomic E-state index is 13.2. The topological polar surface area (TPSA) is 67.7 Å². The summed E-state index contributed by atoms with van der Waals surface area (Å²) in [4.78, 5) is 30.7. The van der Waals surface area contributed by atoms with Crippen molar-refractivity contribution in [1.82, 2.24) is 9.80 Å². The number of anilines is 1. The zero-order valence-corrected chi connectivity index (χ0v) is 17.0. The third-order valence-electron chi connectivity index (χ3n) is 5.06. The summed E-state index contributed by atoms with van der Waals surface area (Å²) in [6.07, 6.45) is 1.46. The average Bonchev–Trinajstić information content (AvgIpc) is 3.17. The number of carbonyl (C=O) groups excluding carboxylic acids is 2. The quantitative estimate of drug-likeness (QED) is 0.729. The van der Waals surface area contributed by atoms with Gasteiger partial charge in [0.05, 0.1) is 11.6 Å². The van der Waals surface area contributed by atoms with Gasteiger partial charge in [-0.15, -0.1) is 0 Å². The lowest BCUT2D eigenvalue weighted by molar-refractivity contribution is -0.117. The van der Waals surface area contributed by atoms with Crippen molar-refractivity contribution >= 4 is 17.5 Å². The molecule has 29 heavy (non-hydrogen) atoms. The molecule has 2 aromatic rings. The lowest BCUT2D eigenvalue weighted by atomic mass is 10.1. The van der Waals surface area contributed by atoms with Gasteiger partial charge in [0.1, 0.15) is 0 Å². The lowest BCUT2D eigenvalue weighted by Gasteiger charge is -2.25. The van der Waals surface area contributed by atoms with Gasteiger partial charge in [0, 0.05) is 43.9 Å². The molecule has 2 amide bonds. The molecule has 0 unspecified atom stereocenters. The van der Waals surface area contributed by atoms with Crippen LogP contribution in [0.4, 0.5) is 5.69 Å². The predicted molar refractivity (Wildman–Crippen MR) is 112 cm³/mol. The van der Waals surface area contributed by atoms with Crippen LogP contribution in [0.25, 0.3) is 0 Å². The lowest BCUT2D eigenvalue weighted by Crippen LogP contribution is -2.36. The first-order valence-corrected chi connectivity index (χ1v) is 9.81. The summed E-state index contributed by atoms with van der Waals surface area (Å²) in [5, 5.41) is 8.97. The van der Waals surface area contributed by atoms with Gasteiger partial charge in [-0.3, -0.25) is 9.59 Å². The molecule has 3 rings (SSSR count). The van der Waals surface area contributed by atoms with Gasteiger partial charge in [-0.1, -0.05) is 12.1 Å². The molecule has 1 saturated heterocycles. The van der Waals surface area contributed by atoms with Crippen LogP contribution in [0.3, 0.4) is 0 Å². The number of likely N-dealkylation sites (N-methyl/N-ethyl adjacent to an activating group) is 1. The second kappa shape index (κ2) is 9.35. The predicted octanol–water partition coefficient (Wildman–Crippen LogP) is 2.89. The second-order valence-corrected chi connectivity index (χ2v) is 7.53. The summed E-state index contributed by atoms with van der Waals surface area (Å²) in [6.45, 7) is 2.56. The Kier molecular flexibility index (Phi) is 6.63. The smallest absolute Gasteiger partial charge is 0.254 e. The monoisotopic (exact) mass is 390 g/mol. The van der Waals surface area contributed by atoms with Crippen LogP contribution in [-0.2, 0) is 11.3 Å². The molecule has 2 aromatic carbocycles. The standard InChI is InChI=1S/C23H26N4O2/c1-25(2)14-15-26(17-19-7-5-18(16-24)6-8-19)23(29)20-9-11-21(12-10-20)27-13-3-4-22(27)28/h5-12H,3-4,13-15,17H2,1-2H3. The normalized spacial score (nSPS) is 13.6. The van der Waals surface area contributed by atoms with E-state index in [0.29, 0.717) is 30.6 Å². The minimum atomic E-state index is -0.0458. The molecule has 1 fully saturated rings. The van der Waals surface area contributed by atoms with E-state index in [4.69, 9.17) is 5.26 Å². The molecule has 0 saturated carbocycles. The average molecular weight is 390 g/mol. The Morgan fingerprint density at radius 3 is 2.31 bits per heavy atom. The number of benzene rings is 2. The second-order valence-electron chi connectivity index (χ2n) is 7.53. The minimum absolute atomic E-state index is 0.0458. The maximum atomic E-state index is 13.2.